The number of carbonyl (C=O) groups is 1. The van der Waals surface area contributed by atoms with Gasteiger partial charge in [0.1, 0.15) is 11.5 Å². The number of hydrogen-bond donors (Lipinski definition) is 3. The SMILES string of the molecule is CC(c1cc(O)ccc1O)N1CCOC(CC(=O)O)C1. The minimum Gasteiger partial charge on any atom is -0.508 e. The standard InChI is InChI=1S/C14H19NO5/c1-9(12-6-10(16)2-3-13(12)17)15-4-5-20-11(8-15)7-14(18)19/h2-3,6,9,11,16-17H,4-5,7-8H2,1H3,(H,18,19). The highest BCUT2D eigenvalue weighted by Gasteiger charge is 2.27. The van der Waals surface area contributed by atoms with E-state index < -0.39 is 5.97 Å². The lowest BCUT2D eigenvalue weighted by Crippen LogP contribution is -2.44. The first-order valence-electron chi connectivity index (χ1n) is 6.56. The van der Waals surface area contributed by atoms with Crippen LogP contribution in [0.2, 0.25) is 0 Å². The van der Waals surface area contributed by atoms with Crippen LogP contribution in [0, 0.1) is 0 Å². The van der Waals surface area contributed by atoms with Crippen LogP contribution in [0.15, 0.2) is 18.2 Å². The molecular weight excluding hydrogens is 262 g/mol. The summed E-state index contributed by atoms with van der Waals surface area (Å²) in [5.41, 5.74) is 0.626. The van der Waals surface area contributed by atoms with Crippen molar-refractivity contribution in [1.29, 1.82) is 0 Å². The third-order valence-corrected chi connectivity index (χ3v) is 3.58. The quantitative estimate of drug-likeness (QED) is 0.721. The van der Waals surface area contributed by atoms with E-state index in [2.05, 4.69) is 0 Å². The molecule has 0 radical (unpaired) electrons. The van der Waals surface area contributed by atoms with Crippen LogP contribution >= 0.6 is 0 Å². The Hall–Kier alpha value is -1.79. The van der Waals surface area contributed by atoms with Crippen molar-refractivity contribution >= 4 is 5.97 Å². The Bertz CT molecular complexity index is 490. The fourth-order valence-electron chi connectivity index (χ4n) is 2.49. The molecule has 1 aromatic carbocycles. The molecule has 2 rings (SSSR count). The van der Waals surface area contributed by atoms with Crippen molar-refractivity contribution in [3.63, 3.8) is 0 Å². The predicted octanol–water partition coefficient (Wildman–Crippen LogP) is 1.33. The van der Waals surface area contributed by atoms with Gasteiger partial charge in [-0.1, -0.05) is 0 Å². The van der Waals surface area contributed by atoms with E-state index in [9.17, 15) is 15.0 Å². The van der Waals surface area contributed by atoms with Crippen molar-refractivity contribution in [2.24, 2.45) is 0 Å². The van der Waals surface area contributed by atoms with Crippen LogP contribution in [-0.2, 0) is 9.53 Å². The van der Waals surface area contributed by atoms with E-state index >= 15 is 0 Å². The fraction of sp³-hybridized carbons (Fsp3) is 0.500. The third kappa shape index (κ3) is 3.40. The van der Waals surface area contributed by atoms with Gasteiger partial charge in [0.25, 0.3) is 0 Å². The van der Waals surface area contributed by atoms with Crippen LogP contribution in [0.25, 0.3) is 0 Å². The molecular formula is C14H19NO5. The number of phenols is 2. The zero-order valence-corrected chi connectivity index (χ0v) is 11.3. The van der Waals surface area contributed by atoms with Gasteiger partial charge in [-0.2, -0.15) is 0 Å². The zero-order valence-electron chi connectivity index (χ0n) is 11.3. The van der Waals surface area contributed by atoms with Crippen molar-refractivity contribution in [2.75, 3.05) is 19.7 Å². The van der Waals surface area contributed by atoms with Gasteiger partial charge in [0.05, 0.1) is 19.1 Å². The summed E-state index contributed by atoms with van der Waals surface area (Å²) < 4.78 is 5.42. The Morgan fingerprint density at radius 1 is 1.50 bits per heavy atom. The number of aliphatic carboxylic acids is 1. The Morgan fingerprint density at radius 2 is 2.25 bits per heavy atom. The number of rotatable bonds is 4. The first-order chi connectivity index (χ1) is 9.47. The van der Waals surface area contributed by atoms with Gasteiger partial charge in [-0.25, -0.2) is 0 Å². The summed E-state index contributed by atoms with van der Waals surface area (Å²) in [6, 6.07) is 4.29. The lowest BCUT2D eigenvalue weighted by Gasteiger charge is -2.36. The van der Waals surface area contributed by atoms with Gasteiger partial charge in [0.15, 0.2) is 0 Å². The van der Waals surface area contributed by atoms with E-state index in [1.54, 1.807) is 0 Å². The summed E-state index contributed by atoms with van der Waals surface area (Å²) in [7, 11) is 0. The molecule has 1 heterocycles. The zero-order chi connectivity index (χ0) is 14.7. The highest BCUT2D eigenvalue weighted by molar-refractivity contribution is 5.67. The Kier molecular flexibility index (Phi) is 4.46. The normalized spacial score (nSPS) is 21.6. The van der Waals surface area contributed by atoms with Gasteiger partial charge in [0.2, 0.25) is 0 Å². The van der Waals surface area contributed by atoms with Gasteiger partial charge in [-0.05, 0) is 25.1 Å². The number of morpholine rings is 1. The number of carboxylic acid groups (broad SMARTS) is 1. The average Bonchev–Trinajstić information content (AvgIpc) is 2.40. The van der Waals surface area contributed by atoms with E-state index in [0.717, 1.165) is 0 Å². The van der Waals surface area contributed by atoms with Crippen molar-refractivity contribution in [3.05, 3.63) is 23.8 Å². The maximum atomic E-state index is 10.7. The lowest BCUT2D eigenvalue weighted by atomic mass is 10.0. The second kappa shape index (κ2) is 6.11. The second-order valence-corrected chi connectivity index (χ2v) is 5.00. The van der Waals surface area contributed by atoms with E-state index in [1.165, 1.54) is 18.2 Å². The van der Waals surface area contributed by atoms with Crippen molar-refractivity contribution in [1.82, 2.24) is 4.90 Å². The first kappa shape index (κ1) is 14.6. The molecule has 3 N–H and O–H groups in total. The molecule has 0 amide bonds. The van der Waals surface area contributed by atoms with Crippen LogP contribution in [-0.4, -0.2) is 52.0 Å². The maximum Gasteiger partial charge on any atom is 0.306 e. The number of aromatic hydroxyl groups is 2. The van der Waals surface area contributed by atoms with E-state index in [-0.39, 0.29) is 30.1 Å². The highest BCUT2D eigenvalue weighted by Crippen LogP contribution is 2.32. The summed E-state index contributed by atoms with van der Waals surface area (Å²) >= 11 is 0. The molecule has 6 heteroatoms. The smallest absolute Gasteiger partial charge is 0.306 e. The minimum absolute atomic E-state index is 0.0325. The molecule has 0 aliphatic carbocycles. The predicted molar refractivity (Wildman–Crippen MR) is 71.8 cm³/mol. The molecule has 110 valence electrons. The molecule has 0 aromatic heterocycles. The number of hydrogen-bond acceptors (Lipinski definition) is 5. The molecule has 1 saturated heterocycles. The maximum absolute atomic E-state index is 10.7. The van der Waals surface area contributed by atoms with Crippen LogP contribution < -0.4 is 0 Å². The summed E-state index contributed by atoms with van der Waals surface area (Å²) in [6.07, 6.45) is -0.377. The van der Waals surface area contributed by atoms with Crippen molar-refractivity contribution in [3.8, 4) is 11.5 Å². The molecule has 0 spiro atoms. The number of carboxylic acids is 1. The van der Waals surface area contributed by atoms with Crippen LogP contribution in [0.4, 0.5) is 0 Å². The number of benzene rings is 1. The molecule has 2 unspecified atom stereocenters. The second-order valence-electron chi connectivity index (χ2n) is 5.00. The van der Waals surface area contributed by atoms with Crippen molar-refractivity contribution < 1.29 is 24.9 Å². The first-order valence-corrected chi connectivity index (χ1v) is 6.56. The Morgan fingerprint density at radius 3 is 2.95 bits per heavy atom. The summed E-state index contributed by atoms with van der Waals surface area (Å²) in [5.74, 6) is -0.665. The van der Waals surface area contributed by atoms with E-state index in [0.29, 0.717) is 25.3 Å². The Labute approximate surface area is 117 Å². The van der Waals surface area contributed by atoms with Crippen LogP contribution in [0.1, 0.15) is 24.9 Å². The van der Waals surface area contributed by atoms with Crippen molar-refractivity contribution in [2.45, 2.75) is 25.5 Å². The minimum atomic E-state index is -0.885. The van der Waals surface area contributed by atoms with Gasteiger partial charge in [-0.15, -0.1) is 0 Å². The molecule has 6 nitrogen and oxygen atoms in total. The third-order valence-electron chi connectivity index (χ3n) is 3.58. The lowest BCUT2D eigenvalue weighted by molar-refractivity contribution is -0.142. The largest absolute Gasteiger partial charge is 0.508 e. The summed E-state index contributed by atoms with van der Waals surface area (Å²) in [4.78, 5) is 12.8. The summed E-state index contributed by atoms with van der Waals surface area (Å²) in [6.45, 7) is 3.52. The number of ether oxygens (including phenoxy) is 1. The molecule has 1 aromatic rings. The Balaban J connectivity index is 2.09. The molecule has 1 aliphatic heterocycles. The number of phenolic OH excluding ortho intramolecular Hbond substituents is 2. The molecule has 1 aliphatic rings. The van der Waals surface area contributed by atoms with Gasteiger partial charge in [-0.3, -0.25) is 9.69 Å². The molecule has 0 bridgehead atoms. The summed E-state index contributed by atoms with van der Waals surface area (Å²) in [5, 5.41) is 28.2. The van der Waals surface area contributed by atoms with E-state index in [1.807, 2.05) is 11.8 Å². The average molecular weight is 281 g/mol. The molecule has 1 fully saturated rings. The van der Waals surface area contributed by atoms with E-state index in [4.69, 9.17) is 9.84 Å². The van der Waals surface area contributed by atoms with Gasteiger partial charge < -0.3 is 20.1 Å². The molecule has 20 heavy (non-hydrogen) atoms. The van der Waals surface area contributed by atoms with Gasteiger partial charge >= 0.3 is 5.97 Å². The molecule has 0 saturated carbocycles. The van der Waals surface area contributed by atoms with Crippen LogP contribution in [0.5, 0.6) is 11.5 Å². The fourth-order valence-corrected chi connectivity index (χ4v) is 2.49. The monoisotopic (exact) mass is 281 g/mol. The van der Waals surface area contributed by atoms with Gasteiger partial charge in [0, 0.05) is 24.7 Å². The topological polar surface area (TPSA) is 90.2 Å². The number of nitrogens with zero attached hydrogens (tertiary/aromatic N) is 1. The highest BCUT2D eigenvalue weighted by atomic mass is 16.5. The molecule has 2 atom stereocenters. The van der Waals surface area contributed by atoms with Crippen LogP contribution in [0.3, 0.4) is 0 Å².